The van der Waals surface area contributed by atoms with Gasteiger partial charge in [-0.2, -0.15) is 0 Å². The molecule has 2 aromatic heterocycles. The molecule has 132 valence electrons. The highest BCUT2D eigenvalue weighted by Crippen LogP contribution is 2.21. The van der Waals surface area contributed by atoms with Gasteiger partial charge in [0.15, 0.2) is 5.13 Å². The van der Waals surface area contributed by atoms with Crippen LogP contribution in [-0.2, 0) is 0 Å². The van der Waals surface area contributed by atoms with E-state index < -0.39 is 12.1 Å². The predicted molar refractivity (Wildman–Crippen MR) is 96.9 cm³/mol. The predicted octanol–water partition coefficient (Wildman–Crippen LogP) is 2.15. The molecule has 1 atom stereocenters. The van der Waals surface area contributed by atoms with Gasteiger partial charge in [-0.25, -0.2) is 9.78 Å². The molecule has 1 unspecified atom stereocenters. The minimum absolute atomic E-state index is 0.197. The van der Waals surface area contributed by atoms with Crippen LogP contribution in [0.25, 0.3) is 0 Å². The van der Waals surface area contributed by atoms with Crippen molar-refractivity contribution in [2.45, 2.75) is 26.4 Å². The zero-order chi connectivity index (χ0) is 18.2. The Morgan fingerprint density at radius 2 is 2.24 bits per heavy atom. The molecule has 25 heavy (non-hydrogen) atoms. The number of thiazole rings is 1. The van der Waals surface area contributed by atoms with Gasteiger partial charge in [0.2, 0.25) is 0 Å². The zero-order valence-corrected chi connectivity index (χ0v) is 15.1. The van der Waals surface area contributed by atoms with Crippen molar-refractivity contribution in [3.63, 3.8) is 0 Å². The number of methoxy groups -OCH3 is 1. The summed E-state index contributed by atoms with van der Waals surface area (Å²) in [6, 6.07) is 1.39. The Balaban J connectivity index is 2.02. The van der Waals surface area contributed by atoms with Crippen molar-refractivity contribution in [3.05, 3.63) is 34.6 Å². The van der Waals surface area contributed by atoms with Crippen molar-refractivity contribution >= 4 is 22.5 Å². The van der Waals surface area contributed by atoms with E-state index in [1.807, 2.05) is 13.8 Å². The molecule has 0 fully saturated rings. The van der Waals surface area contributed by atoms with Crippen LogP contribution in [0.3, 0.4) is 0 Å². The van der Waals surface area contributed by atoms with E-state index in [2.05, 4.69) is 32.4 Å². The third-order valence-corrected chi connectivity index (χ3v) is 4.24. The molecule has 2 aromatic rings. The van der Waals surface area contributed by atoms with E-state index in [0.29, 0.717) is 17.3 Å². The van der Waals surface area contributed by atoms with Gasteiger partial charge >= 0.3 is 6.03 Å². The number of hydrogen-bond donors (Lipinski definition) is 3. The molecule has 2 rings (SSSR count). The number of pyridine rings is 1. The van der Waals surface area contributed by atoms with Crippen LogP contribution < -0.4 is 15.4 Å². The third kappa shape index (κ3) is 5.74. The second-order valence-corrected chi connectivity index (χ2v) is 6.19. The van der Waals surface area contributed by atoms with E-state index in [-0.39, 0.29) is 6.54 Å². The first kappa shape index (κ1) is 18.7. The van der Waals surface area contributed by atoms with Gasteiger partial charge in [0.05, 0.1) is 25.1 Å². The van der Waals surface area contributed by atoms with Crippen LogP contribution >= 0.6 is 11.3 Å². The Bertz CT molecular complexity index is 795. The molecule has 0 saturated heterocycles. The van der Waals surface area contributed by atoms with Crippen LogP contribution in [0.1, 0.15) is 29.5 Å². The van der Waals surface area contributed by atoms with Gasteiger partial charge < -0.3 is 15.2 Å². The van der Waals surface area contributed by atoms with Gasteiger partial charge in [0, 0.05) is 18.3 Å². The molecule has 0 aliphatic heterocycles. The Morgan fingerprint density at radius 3 is 2.96 bits per heavy atom. The summed E-state index contributed by atoms with van der Waals surface area (Å²) in [5.41, 5.74) is 1.46. The number of ether oxygens (including phenoxy) is 1. The highest BCUT2D eigenvalue weighted by molar-refractivity contribution is 7.16. The van der Waals surface area contributed by atoms with Crippen LogP contribution in [-0.4, -0.2) is 40.9 Å². The van der Waals surface area contributed by atoms with Crippen molar-refractivity contribution in [2.75, 3.05) is 19.0 Å². The summed E-state index contributed by atoms with van der Waals surface area (Å²) in [5.74, 6) is 6.68. The van der Waals surface area contributed by atoms with Crippen LogP contribution in [0.15, 0.2) is 18.5 Å². The molecule has 0 aromatic carbocycles. The molecule has 0 radical (unpaired) electrons. The number of carbonyl (C=O) groups excluding carboxylic acids is 1. The van der Waals surface area contributed by atoms with E-state index in [4.69, 9.17) is 4.74 Å². The fourth-order valence-corrected chi connectivity index (χ4v) is 2.60. The summed E-state index contributed by atoms with van der Waals surface area (Å²) < 4.78 is 5.11. The molecule has 2 amide bonds. The lowest BCUT2D eigenvalue weighted by Gasteiger charge is -2.09. The Hall–Kier alpha value is -2.63. The summed E-state index contributed by atoms with van der Waals surface area (Å²) in [5, 5.41) is 15.1. The van der Waals surface area contributed by atoms with Gasteiger partial charge in [-0.05, 0) is 25.3 Å². The molecule has 0 bridgehead atoms. The highest BCUT2D eigenvalue weighted by Gasteiger charge is 2.10. The van der Waals surface area contributed by atoms with E-state index in [9.17, 15) is 9.90 Å². The molecular formula is C17H20N4O3S. The van der Waals surface area contributed by atoms with Gasteiger partial charge in [0.25, 0.3) is 0 Å². The summed E-state index contributed by atoms with van der Waals surface area (Å²) in [4.78, 5) is 20.9. The number of nitrogens with zero attached hydrogens (tertiary/aromatic N) is 2. The number of rotatable bonds is 5. The molecule has 0 spiro atoms. The average Bonchev–Trinajstić information content (AvgIpc) is 2.97. The first-order chi connectivity index (χ1) is 12.0. The Kier molecular flexibility index (Phi) is 6.74. The first-order valence-corrected chi connectivity index (χ1v) is 8.54. The number of amides is 2. The normalized spacial score (nSPS) is 11.2. The number of anilines is 1. The number of carbonyl (C=O) groups is 1. The van der Waals surface area contributed by atoms with E-state index >= 15 is 0 Å². The number of aryl methyl sites for hydroxylation is 1. The summed E-state index contributed by atoms with van der Waals surface area (Å²) in [7, 11) is 1.57. The molecule has 0 aliphatic rings. The molecule has 0 aliphatic carbocycles. The largest absolute Gasteiger partial charge is 0.495 e. The topological polar surface area (TPSA) is 96.4 Å². The molecule has 8 heteroatoms. The van der Waals surface area contributed by atoms with Crippen LogP contribution in [0.4, 0.5) is 9.93 Å². The van der Waals surface area contributed by atoms with Crippen molar-refractivity contribution in [3.8, 4) is 17.6 Å². The minimum atomic E-state index is -0.554. The molecule has 0 saturated carbocycles. The lowest BCUT2D eigenvalue weighted by molar-refractivity contribution is 0.168. The third-order valence-electron chi connectivity index (χ3n) is 3.26. The number of aliphatic hydroxyl groups excluding tert-OH is 1. The fourth-order valence-electron chi connectivity index (χ4n) is 1.79. The van der Waals surface area contributed by atoms with E-state index in [1.54, 1.807) is 25.6 Å². The SMILES string of the molecule is CCC(O)CNC(=O)Nc1nc(C)c(C#Cc2cncc(OC)c2)s1. The number of hydrogen-bond acceptors (Lipinski definition) is 6. The van der Waals surface area contributed by atoms with Crippen molar-refractivity contribution in [1.82, 2.24) is 15.3 Å². The summed E-state index contributed by atoms with van der Waals surface area (Å²) >= 11 is 1.29. The zero-order valence-electron chi connectivity index (χ0n) is 14.3. The number of aliphatic hydroxyl groups is 1. The van der Waals surface area contributed by atoms with Gasteiger partial charge in [-0.1, -0.05) is 24.2 Å². The Labute approximate surface area is 150 Å². The van der Waals surface area contributed by atoms with Crippen LogP contribution in [0.5, 0.6) is 5.75 Å². The fraction of sp³-hybridized carbons (Fsp3) is 0.353. The number of nitrogens with one attached hydrogen (secondary N) is 2. The van der Waals surface area contributed by atoms with Gasteiger partial charge in [0.1, 0.15) is 10.6 Å². The highest BCUT2D eigenvalue weighted by atomic mass is 32.1. The van der Waals surface area contributed by atoms with Gasteiger partial charge in [-0.3, -0.25) is 10.3 Å². The molecule has 3 N–H and O–H groups in total. The van der Waals surface area contributed by atoms with Gasteiger partial charge in [-0.15, -0.1) is 0 Å². The molecule has 2 heterocycles. The van der Waals surface area contributed by atoms with Crippen molar-refractivity contribution < 1.29 is 14.6 Å². The molecule has 7 nitrogen and oxygen atoms in total. The first-order valence-electron chi connectivity index (χ1n) is 7.73. The van der Waals surface area contributed by atoms with Crippen LogP contribution in [0.2, 0.25) is 0 Å². The average molecular weight is 360 g/mol. The lowest BCUT2D eigenvalue weighted by atomic mass is 10.2. The minimum Gasteiger partial charge on any atom is -0.495 e. The maximum atomic E-state index is 11.8. The smallest absolute Gasteiger partial charge is 0.321 e. The number of urea groups is 1. The quantitative estimate of drug-likeness (QED) is 0.710. The maximum absolute atomic E-state index is 11.8. The Morgan fingerprint density at radius 1 is 1.44 bits per heavy atom. The van der Waals surface area contributed by atoms with Crippen LogP contribution in [0, 0.1) is 18.8 Å². The summed E-state index contributed by atoms with van der Waals surface area (Å²) in [6.45, 7) is 3.87. The maximum Gasteiger partial charge on any atom is 0.321 e. The second-order valence-electron chi connectivity index (χ2n) is 5.19. The molecular weight excluding hydrogens is 340 g/mol. The lowest BCUT2D eigenvalue weighted by Crippen LogP contribution is -2.34. The van der Waals surface area contributed by atoms with Crippen molar-refractivity contribution in [2.24, 2.45) is 0 Å². The van der Waals surface area contributed by atoms with E-state index in [1.165, 1.54) is 11.3 Å². The van der Waals surface area contributed by atoms with E-state index in [0.717, 1.165) is 16.1 Å². The standard InChI is InChI=1S/C17H20N4O3S/c1-4-13(22)9-19-16(23)21-17-20-11(2)15(25-17)6-5-12-7-14(24-3)10-18-8-12/h7-8,10,13,22H,4,9H2,1-3H3,(H2,19,20,21,23). The monoisotopic (exact) mass is 360 g/mol. The number of aromatic nitrogens is 2. The summed E-state index contributed by atoms with van der Waals surface area (Å²) in [6.07, 6.45) is 3.29. The van der Waals surface area contributed by atoms with Crippen molar-refractivity contribution in [1.29, 1.82) is 0 Å². The second kappa shape index (κ2) is 9.01.